The van der Waals surface area contributed by atoms with Crippen LogP contribution in [0.25, 0.3) is 0 Å². The third-order valence-electron chi connectivity index (χ3n) is 5.64. The first kappa shape index (κ1) is 17.9. The third-order valence-corrected chi connectivity index (χ3v) is 5.64. The summed E-state index contributed by atoms with van der Waals surface area (Å²) >= 11 is 0. The highest BCUT2D eigenvalue weighted by Gasteiger charge is 2.35. The number of piperidine rings is 1. The van der Waals surface area contributed by atoms with Crippen molar-refractivity contribution < 1.29 is 0 Å². The van der Waals surface area contributed by atoms with Crippen LogP contribution in [-0.4, -0.2) is 25.2 Å². The molecule has 1 spiro atoms. The Labute approximate surface area is 146 Å². The molecule has 1 N–H and O–H groups in total. The van der Waals surface area contributed by atoms with E-state index in [0.717, 1.165) is 0 Å². The first-order valence-corrected chi connectivity index (χ1v) is 8.47. The molecule has 1 atom stereocenters. The van der Waals surface area contributed by atoms with Crippen LogP contribution in [-0.2, 0) is 12.8 Å². The fourth-order valence-electron chi connectivity index (χ4n) is 4.41. The monoisotopic (exact) mass is 342 g/mol. The number of benzene rings is 1. The standard InChI is InChI=1S/C18H26N2.2ClH/c1-2-10-19-18(8-1)9-7-15-5-6-17(13-16(15)14-18)20-11-3-4-12-20;;/h5-6,13,19H,1-4,7-12,14H2;2*1H. The highest BCUT2D eigenvalue weighted by Crippen LogP contribution is 2.36. The first-order valence-electron chi connectivity index (χ1n) is 8.47. The van der Waals surface area contributed by atoms with Gasteiger partial charge in [0.25, 0.3) is 0 Å². The molecule has 22 heavy (non-hydrogen) atoms. The van der Waals surface area contributed by atoms with Gasteiger partial charge in [-0.1, -0.05) is 12.5 Å². The molecule has 2 fully saturated rings. The van der Waals surface area contributed by atoms with E-state index in [9.17, 15) is 0 Å². The van der Waals surface area contributed by atoms with E-state index in [1.54, 1.807) is 11.1 Å². The molecule has 3 aliphatic rings. The van der Waals surface area contributed by atoms with Gasteiger partial charge in [0.2, 0.25) is 0 Å². The van der Waals surface area contributed by atoms with Crippen LogP contribution in [0.4, 0.5) is 5.69 Å². The molecule has 2 nitrogen and oxygen atoms in total. The van der Waals surface area contributed by atoms with Gasteiger partial charge in [0.1, 0.15) is 0 Å². The van der Waals surface area contributed by atoms with Crippen LogP contribution in [0.15, 0.2) is 18.2 Å². The summed E-state index contributed by atoms with van der Waals surface area (Å²) in [7, 11) is 0. The van der Waals surface area contributed by atoms with Gasteiger partial charge in [0.05, 0.1) is 0 Å². The maximum Gasteiger partial charge on any atom is 0.0369 e. The predicted octanol–water partition coefficient (Wildman–Crippen LogP) is 4.13. The van der Waals surface area contributed by atoms with Crippen LogP contribution in [0.2, 0.25) is 0 Å². The number of anilines is 1. The van der Waals surface area contributed by atoms with E-state index in [2.05, 4.69) is 28.4 Å². The molecule has 4 rings (SSSR count). The minimum Gasteiger partial charge on any atom is -0.372 e. The number of nitrogens with one attached hydrogen (secondary N) is 1. The topological polar surface area (TPSA) is 15.3 Å². The van der Waals surface area contributed by atoms with Gasteiger partial charge in [-0.25, -0.2) is 0 Å². The molecule has 0 aromatic heterocycles. The van der Waals surface area contributed by atoms with Crippen LogP contribution in [0, 0.1) is 0 Å². The Hall–Kier alpha value is -0.440. The van der Waals surface area contributed by atoms with Gasteiger partial charge in [0.15, 0.2) is 0 Å². The summed E-state index contributed by atoms with van der Waals surface area (Å²) in [5.41, 5.74) is 5.12. The van der Waals surface area contributed by atoms with E-state index in [1.165, 1.54) is 76.7 Å². The SMILES string of the molecule is Cl.Cl.c1cc2c(cc1N1CCCC1)CC1(CCCCN1)CC2. The van der Waals surface area contributed by atoms with Gasteiger partial charge >= 0.3 is 0 Å². The molecule has 124 valence electrons. The Kier molecular flexibility index (Phi) is 6.04. The number of nitrogens with zero attached hydrogens (tertiary/aromatic N) is 1. The molecule has 2 heterocycles. The molecule has 1 unspecified atom stereocenters. The largest absolute Gasteiger partial charge is 0.372 e. The zero-order valence-corrected chi connectivity index (χ0v) is 14.9. The average Bonchev–Trinajstić information content (AvgIpc) is 3.01. The first-order chi connectivity index (χ1) is 9.85. The fraction of sp³-hybridized carbons (Fsp3) is 0.667. The minimum absolute atomic E-state index is 0. The van der Waals surface area contributed by atoms with Crippen LogP contribution < -0.4 is 10.2 Å². The Bertz CT molecular complexity index is 492. The van der Waals surface area contributed by atoms with Crippen molar-refractivity contribution in [2.45, 2.75) is 56.9 Å². The molecule has 1 aliphatic carbocycles. The summed E-state index contributed by atoms with van der Waals surface area (Å²) < 4.78 is 0. The van der Waals surface area contributed by atoms with Crippen molar-refractivity contribution >= 4 is 30.5 Å². The van der Waals surface area contributed by atoms with Gasteiger partial charge in [-0.15, -0.1) is 24.8 Å². The summed E-state index contributed by atoms with van der Waals surface area (Å²) in [6, 6.07) is 7.26. The molecule has 1 aromatic carbocycles. The lowest BCUT2D eigenvalue weighted by Gasteiger charge is -2.42. The summed E-state index contributed by atoms with van der Waals surface area (Å²) in [6.07, 6.45) is 10.7. The van der Waals surface area contributed by atoms with Crippen LogP contribution >= 0.6 is 24.8 Å². The van der Waals surface area contributed by atoms with Gasteiger partial charge in [-0.3, -0.25) is 0 Å². The zero-order valence-electron chi connectivity index (χ0n) is 13.3. The maximum atomic E-state index is 3.85. The lowest BCUT2D eigenvalue weighted by molar-refractivity contribution is 0.225. The van der Waals surface area contributed by atoms with E-state index in [1.807, 2.05) is 0 Å². The molecule has 4 heteroatoms. The van der Waals surface area contributed by atoms with Crippen LogP contribution in [0.5, 0.6) is 0 Å². The molecule has 1 aromatic rings. The highest BCUT2D eigenvalue weighted by atomic mass is 35.5. The Balaban J connectivity index is 0.000000882. The van der Waals surface area contributed by atoms with Crippen LogP contribution in [0.3, 0.4) is 0 Å². The number of rotatable bonds is 1. The van der Waals surface area contributed by atoms with Crippen molar-refractivity contribution in [2.75, 3.05) is 24.5 Å². The van der Waals surface area contributed by atoms with Crippen molar-refractivity contribution in [1.82, 2.24) is 5.32 Å². The van der Waals surface area contributed by atoms with Gasteiger partial charge in [-0.2, -0.15) is 0 Å². The van der Waals surface area contributed by atoms with E-state index >= 15 is 0 Å². The fourth-order valence-corrected chi connectivity index (χ4v) is 4.41. The highest BCUT2D eigenvalue weighted by molar-refractivity contribution is 5.85. The second-order valence-corrected chi connectivity index (χ2v) is 6.99. The van der Waals surface area contributed by atoms with Crippen molar-refractivity contribution in [2.24, 2.45) is 0 Å². The van der Waals surface area contributed by atoms with Crippen molar-refractivity contribution in [3.63, 3.8) is 0 Å². The summed E-state index contributed by atoms with van der Waals surface area (Å²) in [5.74, 6) is 0. The van der Waals surface area contributed by atoms with Gasteiger partial charge < -0.3 is 10.2 Å². The molecule has 0 amide bonds. The van der Waals surface area contributed by atoms with Crippen LogP contribution in [0.1, 0.15) is 49.7 Å². The third kappa shape index (κ3) is 3.39. The number of aryl methyl sites for hydroxylation is 1. The Morgan fingerprint density at radius 2 is 1.73 bits per heavy atom. The summed E-state index contributed by atoms with van der Waals surface area (Å²) in [6.45, 7) is 3.73. The summed E-state index contributed by atoms with van der Waals surface area (Å²) in [5, 5.41) is 3.85. The average molecular weight is 343 g/mol. The molecule has 2 saturated heterocycles. The predicted molar refractivity (Wildman–Crippen MR) is 99.0 cm³/mol. The lowest BCUT2D eigenvalue weighted by Crippen LogP contribution is -2.52. The quantitative estimate of drug-likeness (QED) is 0.825. The van der Waals surface area contributed by atoms with E-state index < -0.39 is 0 Å². The number of halogens is 2. The van der Waals surface area contributed by atoms with Crippen molar-refractivity contribution in [3.05, 3.63) is 29.3 Å². The summed E-state index contributed by atoms with van der Waals surface area (Å²) in [4.78, 5) is 2.57. The second kappa shape index (κ2) is 7.42. The van der Waals surface area contributed by atoms with Crippen molar-refractivity contribution in [1.29, 1.82) is 0 Å². The minimum atomic E-state index is 0. The van der Waals surface area contributed by atoms with Gasteiger partial charge in [-0.05, 0) is 74.8 Å². The maximum absolute atomic E-state index is 3.85. The molecule has 0 saturated carbocycles. The van der Waals surface area contributed by atoms with Crippen molar-refractivity contribution in [3.8, 4) is 0 Å². The number of fused-ring (bicyclic) bond motifs is 1. The lowest BCUT2D eigenvalue weighted by atomic mass is 9.73. The molecule has 0 bridgehead atoms. The van der Waals surface area contributed by atoms with E-state index in [0.29, 0.717) is 5.54 Å². The smallest absolute Gasteiger partial charge is 0.0369 e. The Morgan fingerprint density at radius 3 is 2.45 bits per heavy atom. The zero-order chi connectivity index (χ0) is 13.4. The normalized spacial score (nSPS) is 27.0. The van der Waals surface area contributed by atoms with E-state index in [-0.39, 0.29) is 24.8 Å². The number of hydrogen-bond acceptors (Lipinski definition) is 2. The van der Waals surface area contributed by atoms with E-state index in [4.69, 9.17) is 0 Å². The second-order valence-electron chi connectivity index (χ2n) is 6.99. The molecule has 2 aliphatic heterocycles. The Morgan fingerprint density at radius 1 is 0.909 bits per heavy atom. The molecular weight excluding hydrogens is 315 g/mol. The van der Waals surface area contributed by atoms with Gasteiger partial charge in [0, 0.05) is 24.3 Å². The molecular formula is C18H28Cl2N2. The number of hydrogen-bond donors (Lipinski definition) is 1. The molecule has 0 radical (unpaired) electrons.